The quantitative estimate of drug-likeness (QED) is 0.0823. The van der Waals surface area contributed by atoms with Crippen molar-refractivity contribution >= 4 is 5.91 Å². The zero-order valence-electron chi connectivity index (χ0n) is 24.4. The van der Waals surface area contributed by atoms with E-state index in [0.29, 0.717) is 6.42 Å². The molecule has 9 heteroatoms. The van der Waals surface area contributed by atoms with E-state index < -0.39 is 49.5 Å². The molecular weight excluding hydrogens is 502 g/mol. The van der Waals surface area contributed by atoms with Crippen molar-refractivity contribution in [1.29, 1.82) is 0 Å². The fourth-order valence-corrected chi connectivity index (χ4v) is 4.73. The molecule has 0 aromatic rings. The van der Waals surface area contributed by atoms with Crippen LogP contribution in [-0.4, -0.2) is 87.5 Å². The number of carbonyl (C=O) groups is 1. The highest BCUT2D eigenvalue weighted by atomic mass is 16.7. The number of nitrogens with one attached hydrogen (secondary N) is 1. The van der Waals surface area contributed by atoms with Crippen molar-refractivity contribution in [3.63, 3.8) is 0 Å². The predicted molar refractivity (Wildman–Crippen MR) is 152 cm³/mol. The maximum Gasteiger partial charge on any atom is 0.220 e. The number of carbonyl (C=O) groups excluding carboxylic acids is 1. The summed E-state index contributed by atoms with van der Waals surface area (Å²) in [6.07, 6.45) is 13.2. The molecule has 7 atom stereocenters. The van der Waals surface area contributed by atoms with Crippen molar-refractivity contribution in [2.45, 2.75) is 159 Å². The van der Waals surface area contributed by atoms with Crippen molar-refractivity contribution in [1.82, 2.24) is 5.32 Å². The van der Waals surface area contributed by atoms with E-state index in [4.69, 9.17) is 9.47 Å². The van der Waals surface area contributed by atoms with Gasteiger partial charge in [-0.1, -0.05) is 109 Å². The third-order valence-electron chi connectivity index (χ3n) is 7.36. The number of ether oxygens (including phenoxy) is 2. The maximum atomic E-state index is 12.6. The molecule has 39 heavy (non-hydrogen) atoms. The molecule has 1 amide bonds. The first kappa shape index (κ1) is 36.0. The lowest BCUT2D eigenvalue weighted by atomic mass is 9.99. The monoisotopic (exact) mass is 559 g/mol. The van der Waals surface area contributed by atoms with E-state index in [1.807, 2.05) is 6.08 Å². The van der Waals surface area contributed by atoms with Gasteiger partial charge in [-0.05, 0) is 12.8 Å². The molecule has 1 heterocycles. The second kappa shape index (κ2) is 22.6. The van der Waals surface area contributed by atoms with E-state index in [2.05, 4.69) is 19.2 Å². The molecular formula is C30H57NO8. The number of rotatable bonds is 23. The molecule has 1 fully saturated rings. The normalized spacial score (nSPS) is 25.2. The second-order valence-electron chi connectivity index (χ2n) is 10.9. The van der Waals surface area contributed by atoms with Crippen LogP contribution in [0.4, 0.5) is 0 Å². The number of aliphatic hydroxyl groups excluding tert-OH is 5. The molecule has 0 aromatic carbocycles. The van der Waals surface area contributed by atoms with Crippen LogP contribution in [0.3, 0.4) is 0 Å². The van der Waals surface area contributed by atoms with Crippen LogP contribution in [0.1, 0.15) is 117 Å². The Morgan fingerprint density at radius 3 is 1.97 bits per heavy atom. The van der Waals surface area contributed by atoms with Crippen LogP contribution in [0.25, 0.3) is 0 Å². The molecule has 6 N–H and O–H groups in total. The van der Waals surface area contributed by atoms with Crippen molar-refractivity contribution in [3.8, 4) is 0 Å². The van der Waals surface area contributed by atoms with Gasteiger partial charge < -0.3 is 40.3 Å². The van der Waals surface area contributed by atoms with Gasteiger partial charge in [0.25, 0.3) is 0 Å². The van der Waals surface area contributed by atoms with Crippen LogP contribution in [0.2, 0.25) is 0 Å². The summed E-state index contributed by atoms with van der Waals surface area (Å²) < 4.78 is 11.0. The van der Waals surface area contributed by atoms with Gasteiger partial charge in [-0.25, -0.2) is 0 Å². The molecule has 0 radical (unpaired) electrons. The molecule has 1 saturated heterocycles. The van der Waals surface area contributed by atoms with Crippen molar-refractivity contribution in [3.05, 3.63) is 12.2 Å². The van der Waals surface area contributed by atoms with E-state index in [-0.39, 0.29) is 12.5 Å². The number of aliphatic hydroxyl groups is 5. The molecule has 1 aliphatic rings. The standard InChI is InChI=1S/C30H57NO8/c1-3-5-7-9-10-11-12-13-14-15-16-18-20-26(34)31-23(24(33)19-17-8-6-4-2)22-38-30-29(37)28(36)27(35)25(21-32)39-30/h17,19,23-25,27-30,32-33,35-37H,3-16,18,20-22H2,1-2H3,(H,31,34)/b19-17+. The highest BCUT2D eigenvalue weighted by Crippen LogP contribution is 2.22. The average Bonchev–Trinajstić information content (AvgIpc) is 2.93. The Morgan fingerprint density at radius 2 is 1.41 bits per heavy atom. The molecule has 0 bridgehead atoms. The van der Waals surface area contributed by atoms with Gasteiger partial charge in [0.1, 0.15) is 24.4 Å². The van der Waals surface area contributed by atoms with Crippen LogP contribution >= 0.6 is 0 Å². The first-order valence-corrected chi connectivity index (χ1v) is 15.4. The summed E-state index contributed by atoms with van der Waals surface area (Å²) in [5, 5.41) is 53.1. The third-order valence-corrected chi connectivity index (χ3v) is 7.36. The number of unbranched alkanes of at least 4 members (excludes halogenated alkanes) is 13. The largest absolute Gasteiger partial charge is 0.394 e. The minimum atomic E-state index is -1.56. The van der Waals surface area contributed by atoms with Gasteiger partial charge in [-0.3, -0.25) is 4.79 Å². The first-order chi connectivity index (χ1) is 18.8. The Morgan fingerprint density at radius 1 is 0.846 bits per heavy atom. The Balaban J connectivity index is 2.44. The topological polar surface area (TPSA) is 149 Å². The van der Waals surface area contributed by atoms with Crippen LogP contribution in [0.5, 0.6) is 0 Å². The van der Waals surface area contributed by atoms with Crippen LogP contribution in [-0.2, 0) is 14.3 Å². The van der Waals surface area contributed by atoms with Crippen molar-refractivity contribution in [2.24, 2.45) is 0 Å². The van der Waals surface area contributed by atoms with Crippen LogP contribution < -0.4 is 5.32 Å². The molecule has 1 aliphatic heterocycles. The van der Waals surface area contributed by atoms with Gasteiger partial charge in [0, 0.05) is 6.42 Å². The van der Waals surface area contributed by atoms with Gasteiger partial charge in [0.2, 0.25) is 5.91 Å². The van der Waals surface area contributed by atoms with Gasteiger partial charge in [-0.2, -0.15) is 0 Å². The maximum absolute atomic E-state index is 12.6. The molecule has 7 unspecified atom stereocenters. The number of amides is 1. The smallest absolute Gasteiger partial charge is 0.220 e. The molecule has 0 spiro atoms. The summed E-state index contributed by atoms with van der Waals surface area (Å²) in [6.45, 7) is 3.57. The molecule has 0 aromatic heterocycles. The molecule has 1 rings (SSSR count). The minimum absolute atomic E-state index is 0.188. The average molecular weight is 560 g/mol. The zero-order chi connectivity index (χ0) is 28.9. The van der Waals surface area contributed by atoms with Crippen LogP contribution in [0, 0.1) is 0 Å². The Hall–Kier alpha value is -1.07. The fourth-order valence-electron chi connectivity index (χ4n) is 4.73. The number of hydrogen-bond acceptors (Lipinski definition) is 8. The molecule has 0 aliphatic carbocycles. The predicted octanol–water partition coefficient (Wildman–Crippen LogP) is 3.49. The van der Waals surface area contributed by atoms with E-state index in [0.717, 1.165) is 38.5 Å². The number of allylic oxidation sites excluding steroid dienone is 1. The SMILES string of the molecule is CCCC/C=C/C(O)C(COC1OC(CO)C(O)C(O)C1O)NC(=O)CCCCCCCCCCCCCC. The lowest BCUT2D eigenvalue weighted by Crippen LogP contribution is -2.60. The summed E-state index contributed by atoms with van der Waals surface area (Å²) >= 11 is 0. The second-order valence-corrected chi connectivity index (χ2v) is 10.9. The molecule has 9 nitrogen and oxygen atoms in total. The molecule has 230 valence electrons. The Bertz CT molecular complexity index is 632. The number of hydrogen-bond donors (Lipinski definition) is 6. The third kappa shape index (κ3) is 15.5. The summed E-state index contributed by atoms with van der Waals surface area (Å²) in [7, 11) is 0. The lowest BCUT2D eigenvalue weighted by Gasteiger charge is -2.40. The summed E-state index contributed by atoms with van der Waals surface area (Å²) in [6, 6.07) is -0.792. The molecule has 0 saturated carbocycles. The summed E-state index contributed by atoms with van der Waals surface area (Å²) in [5.41, 5.74) is 0. The zero-order valence-corrected chi connectivity index (χ0v) is 24.4. The fraction of sp³-hybridized carbons (Fsp3) is 0.900. The van der Waals surface area contributed by atoms with Gasteiger partial charge in [0.05, 0.1) is 25.4 Å². The van der Waals surface area contributed by atoms with E-state index in [1.165, 1.54) is 57.8 Å². The van der Waals surface area contributed by atoms with E-state index in [9.17, 15) is 30.3 Å². The summed E-state index contributed by atoms with van der Waals surface area (Å²) in [5.74, 6) is -0.189. The highest BCUT2D eigenvalue weighted by Gasteiger charge is 2.44. The van der Waals surface area contributed by atoms with Gasteiger partial charge >= 0.3 is 0 Å². The summed E-state index contributed by atoms with van der Waals surface area (Å²) in [4.78, 5) is 12.6. The van der Waals surface area contributed by atoms with Crippen molar-refractivity contribution < 1.29 is 39.8 Å². The lowest BCUT2D eigenvalue weighted by molar-refractivity contribution is -0.302. The Labute approximate surface area is 236 Å². The highest BCUT2D eigenvalue weighted by molar-refractivity contribution is 5.76. The minimum Gasteiger partial charge on any atom is -0.394 e. The van der Waals surface area contributed by atoms with Crippen molar-refractivity contribution in [2.75, 3.05) is 13.2 Å². The Kier molecular flexibility index (Phi) is 20.8. The first-order valence-electron chi connectivity index (χ1n) is 15.4. The van der Waals surface area contributed by atoms with Gasteiger partial charge in [-0.15, -0.1) is 0 Å². The van der Waals surface area contributed by atoms with Gasteiger partial charge in [0.15, 0.2) is 6.29 Å². The van der Waals surface area contributed by atoms with E-state index >= 15 is 0 Å². The van der Waals surface area contributed by atoms with E-state index in [1.54, 1.807) is 6.08 Å². The van der Waals surface area contributed by atoms with Crippen LogP contribution in [0.15, 0.2) is 12.2 Å².